The number of rotatable bonds is 6. The number of hydrogen-bond donors (Lipinski definition) is 0. The lowest BCUT2D eigenvalue weighted by Crippen LogP contribution is -2.32. The van der Waals surface area contributed by atoms with Crippen LogP contribution in [0.1, 0.15) is 41.8 Å². The van der Waals surface area contributed by atoms with E-state index in [0.717, 1.165) is 25.7 Å². The van der Waals surface area contributed by atoms with Crippen LogP contribution >= 0.6 is 0 Å². The van der Waals surface area contributed by atoms with Gasteiger partial charge in [-0.05, 0) is 43.2 Å². The van der Waals surface area contributed by atoms with E-state index in [1.54, 1.807) is 23.1 Å². The minimum Gasteiger partial charge on any atom is -0.496 e. The van der Waals surface area contributed by atoms with Gasteiger partial charge in [0.25, 0.3) is 5.91 Å². The zero-order chi connectivity index (χ0) is 20.1. The van der Waals surface area contributed by atoms with Crippen LogP contribution < -0.4 is 4.74 Å². The summed E-state index contributed by atoms with van der Waals surface area (Å²) in [7, 11) is -0.825. The van der Waals surface area contributed by atoms with Gasteiger partial charge >= 0.3 is 0 Å². The van der Waals surface area contributed by atoms with Gasteiger partial charge in [0.1, 0.15) is 11.5 Å². The highest BCUT2D eigenvalue weighted by Crippen LogP contribution is 2.27. The van der Waals surface area contributed by atoms with Gasteiger partial charge in [0.2, 0.25) is 10.0 Å². The number of sulfonamides is 1. The van der Waals surface area contributed by atoms with Gasteiger partial charge in [-0.15, -0.1) is 0 Å². The zero-order valence-corrected chi connectivity index (χ0v) is 17.1. The maximum atomic E-state index is 13.1. The number of carbonyl (C=O) groups is 1. The lowest BCUT2D eigenvalue weighted by Gasteiger charge is -2.22. The lowest BCUT2D eigenvalue weighted by atomic mass is 10.1. The van der Waals surface area contributed by atoms with E-state index in [9.17, 15) is 13.2 Å². The summed E-state index contributed by atoms with van der Waals surface area (Å²) in [6, 6.07) is 7.85. The molecule has 0 aliphatic carbocycles. The van der Waals surface area contributed by atoms with Gasteiger partial charge in [0.05, 0.1) is 30.4 Å². The molecule has 1 aliphatic rings. The Morgan fingerprint density at radius 2 is 1.89 bits per heavy atom. The van der Waals surface area contributed by atoms with E-state index in [0.29, 0.717) is 24.6 Å². The number of methoxy groups -OCH3 is 1. The number of nitrogens with zero attached hydrogens (tertiary/aromatic N) is 2. The molecule has 7 nitrogen and oxygen atoms in total. The van der Waals surface area contributed by atoms with E-state index < -0.39 is 10.0 Å². The van der Waals surface area contributed by atoms with Gasteiger partial charge in [0.15, 0.2) is 0 Å². The van der Waals surface area contributed by atoms with Crippen LogP contribution in [0.25, 0.3) is 0 Å². The molecule has 0 bridgehead atoms. The van der Waals surface area contributed by atoms with Crippen LogP contribution in [0.15, 0.2) is 45.9 Å². The predicted octanol–water partition coefficient (Wildman–Crippen LogP) is 3.13. The molecule has 2 heterocycles. The number of benzene rings is 1. The molecule has 8 heteroatoms. The van der Waals surface area contributed by atoms with E-state index >= 15 is 0 Å². The maximum absolute atomic E-state index is 13.1. The van der Waals surface area contributed by atoms with Crippen molar-refractivity contribution in [2.45, 2.75) is 37.1 Å². The molecule has 2 aromatic rings. The number of carbonyl (C=O) groups excluding carboxylic acids is 1. The van der Waals surface area contributed by atoms with Crippen LogP contribution in [-0.4, -0.2) is 50.8 Å². The highest BCUT2D eigenvalue weighted by atomic mass is 32.2. The highest BCUT2D eigenvalue weighted by Gasteiger charge is 2.26. The molecule has 0 N–H and O–H groups in total. The first-order valence-corrected chi connectivity index (χ1v) is 10.8. The van der Waals surface area contributed by atoms with E-state index in [1.807, 2.05) is 0 Å². The van der Waals surface area contributed by atoms with E-state index in [1.165, 1.54) is 36.9 Å². The number of hydrogen-bond acceptors (Lipinski definition) is 5. The zero-order valence-electron chi connectivity index (χ0n) is 16.3. The quantitative estimate of drug-likeness (QED) is 0.736. The molecule has 0 spiro atoms. The third-order valence-electron chi connectivity index (χ3n) is 4.96. The Bertz CT molecular complexity index is 901. The lowest BCUT2D eigenvalue weighted by molar-refractivity contribution is 0.0758. The van der Waals surface area contributed by atoms with Gasteiger partial charge < -0.3 is 14.1 Å². The van der Waals surface area contributed by atoms with E-state index in [4.69, 9.17) is 9.15 Å². The van der Waals surface area contributed by atoms with Crippen LogP contribution in [-0.2, 0) is 16.6 Å². The summed E-state index contributed by atoms with van der Waals surface area (Å²) < 4.78 is 37.7. The molecule has 1 fully saturated rings. The van der Waals surface area contributed by atoms with Gasteiger partial charge in [-0.25, -0.2) is 8.42 Å². The SMILES string of the molecule is COc1ccc(S(=O)(=O)N(C)Cc2ccco2)cc1C(=O)N1CCCCCC1. The summed E-state index contributed by atoms with van der Waals surface area (Å²) >= 11 is 0. The van der Waals surface area contributed by atoms with Crippen molar-refractivity contribution in [3.05, 3.63) is 47.9 Å². The molecule has 152 valence electrons. The second-order valence-corrected chi connectivity index (χ2v) is 8.95. The smallest absolute Gasteiger partial charge is 0.257 e. The van der Waals surface area contributed by atoms with Crippen LogP contribution in [0.3, 0.4) is 0 Å². The Morgan fingerprint density at radius 1 is 1.18 bits per heavy atom. The average molecular weight is 407 g/mol. The Balaban J connectivity index is 1.90. The van der Waals surface area contributed by atoms with Crippen LogP contribution in [0.5, 0.6) is 5.75 Å². The van der Waals surface area contributed by atoms with Gasteiger partial charge in [-0.2, -0.15) is 4.31 Å². The number of amides is 1. The summed E-state index contributed by atoms with van der Waals surface area (Å²) in [6.45, 7) is 1.46. The van der Waals surface area contributed by atoms with Crippen LogP contribution in [0, 0.1) is 0 Å². The third-order valence-corrected chi connectivity index (χ3v) is 6.76. The Kier molecular flexibility index (Phi) is 6.41. The van der Waals surface area contributed by atoms with Crippen molar-refractivity contribution in [2.75, 3.05) is 27.2 Å². The second kappa shape index (κ2) is 8.79. The largest absolute Gasteiger partial charge is 0.496 e. The predicted molar refractivity (Wildman–Crippen MR) is 105 cm³/mol. The van der Waals surface area contributed by atoms with Crippen molar-refractivity contribution in [1.29, 1.82) is 0 Å². The standard InChI is InChI=1S/C20H26N2O5S/c1-21(15-16-8-7-13-27-16)28(24,25)17-9-10-19(26-2)18(14-17)20(23)22-11-5-3-4-6-12-22/h7-10,13-14H,3-6,11-12,15H2,1-2H3. The van der Waals surface area contributed by atoms with Gasteiger partial charge in [0, 0.05) is 20.1 Å². The molecule has 1 aromatic heterocycles. The molecule has 0 atom stereocenters. The summed E-state index contributed by atoms with van der Waals surface area (Å²) in [5.74, 6) is 0.729. The first-order chi connectivity index (χ1) is 13.4. The van der Waals surface area contributed by atoms with E-state index in [2.05, 4.69) is 0 Å². The summed E-state index contributed by atoms with van der Waals surface area (Å²) in [4.78, 5) is 14.9. The third kappa shape index (κ3) is 4.39. The minimum absolute atomic E-state index is 0.0560. The molecule has 0 radical (unpaired) electrons. The van der Waals surface area contributed by atoms with Gasteiger partial charge in [-0.3, -0.25) is 4.79 Å². The van der Waals surface area contributed by atoms with Crippen molar-refractivity contribution in [3.63, 3.8) is 0 Å². The fraction of sp³-hybridized carbons (Fsp3) is 0.450. The first-order valence-electron chi connectivity index (χ1n) is 9.39. The normalized spacial score (nSPS) is 15.5. The molecular formula is C20H26N2O5S. The molecule has 1 saturated heterocycles. The molecule has 28 heavy (non-hydrogen) atoms. The Hall–Kier alpha value is -2.32. The van der Waals surface area contributed by atoms with Crippen LogP contribution in [0.2, 0.25) is 0 Å². The minimum atomic E-state index is -3.79. The summed E-state index contributed by atoms with van der Waals surface area (Å²) in [5.41, 5.74) is 0.275. The topological polar surface area (TPSA) is 80.1 Å². The van der Waals surface area contributed by atoms with Crippen molar-refractivity contribution in [2.24, 2.45) is 0 Å². The maximum Gasteiger partial charge on any atom is 0.257 e. The number of likely N-dealkylation sites (tertiary alicyclic amines) is 1. The van der Waals surface area contributed by atoms with E-state index in [-0.39, 0.29) is 22.9 Å². The molecule has 3 rings (SSSR count). The number of furan rings is 1. The molecule has 1 amide bonds. The fourth-order valence-corrected chi connectivity index (χ4v) is 4.51. The molecule has 1 aromatic carbocycles. The highest BCUT2D eigenvalue weighted by molar-refractivity contribution is 7.89. The molecular weight excluding hydrogens is 380 g/mol. The van der Waals surface area contributed by atoms with Crippen molar-refractivity contribution in [3.8, 4) is 5.75 Å². The summed E-state index contributed by atoms with van der Waals surface area (Å²) in [5, 5.41) is 0. The van der Waals surface area contributed by atoms with Gasteiger partial charge in [-0.1, -0.05) is 12.8 Å². The monoisotopic (exact) mass is 406 g/mol. The Labute approximate surface area is 165 Å². The Morgan fingerprint density at radius 3 is 2.50 bits per heavy atom. The van der Waals surface area contributed by atoms with Crippen LogP contribution in [0.4, 0.5) is 0 Å². The van der Waals surface area contributed by atoms with Crippen molar-refractivity contribution < 1.29 is 22.4 Å². The van der Waals surface area contributed by atoms with Crippen molar-refractivity contribution >= 4 is 15.9 Å². The fourth-order valence-electron chi connectivity index (χ4n) is 3.35. The number of ether oxygens (including phenoxy) is 1. The average Bonchev–Trinajstić information content (AvgIpc) is 3.05. The second-order valence-electron chi connectivity index (χ2n) is 6.91. The molecule has 0 unspecified atom stereocenters. The molecule has 0 saturated carbocycles. The molecule has 1 aliphatic heterocycles. The first kappa shape index (κ1) is 20.4. The summed E-state index contributed by atoms with van der Waals surface area (Å²) in [6.07, 6.45) is 5.62. The van der Waals surface area contributed by atoms with Crippen molar-refractivity contribution in [1.82, 2.24) is 9.21 Å².